The van der Waals surface area contributed by atoms with Gasteiger partial charge in [-0.1, -0.05) is 81.3 Å². The third-order valence-electron chi connectivity index (χ3n) is 4.64. The molecule has 3 atom stereocenters. The lowest BCUT2D eigenvalue weighted by atomic mass is 9.85. The maximum Gasteiger partial charge on any atom is 0.140 e. The largest absolute Gasteiger partial charge is 0.361 e. The van der Waals surface area contributed by atoms with Crippen LogP contribution in [0.4, 0.5) is 0 Å². The monoisotopic (exact) mass is 320 g/mol. The molecule has 1 aromatic carbocycles. The van der Waals surface area contributed by atoms with Crippen molar-refractivity contribution in [1.29, 1.82) is 0 Å². The number of halogens is 1. The lowest BCUT2D eigenvalue weighted by molar-refractivity contribution is 0.0422. The minimum absolute atomic E-state index is 0.191. The molecule has 2 heteroatoms. The van der Waals surface area contributed by atoms with Crippen LogP contribution in [-0.2, 0) is 10.2 Å². The summed E-state index contributed by atoms with van der Waals surface area (Å²) in [5.41, 5.74) is 2.31. The van der Waals surface area contributed by atoms with Crippen LogP contribution < -0.4 is 0 Å². The fraction of sp³-hybridized carbons (Fsp3) is 0.600. The van der Waals surface area contributed by atoms with Gasteiger partial charge in [-0.05, 0) is 36.7 Å². The highest BCUT2D eigenvalue weighted by Crippen LogP contribution is 2.33. The molecule has 0 heterocycles. The molecule has 3 unspecified atom stereocenters. The average molecular weight is 321 g/mol. The van der Waals surface area contributed by atoms with E-state index in [2.05, 4.69) is 58.0 Å². The molecule has 0 amide bonds. The molecule has 0 fully saturated rings. The number of alkyl halides is 1. The number of hydrogen-bond acceptors (Lipinski definition) is 1. The summed E-state index contributed by atoms with van der Waals surface area (Å²) in [6.45, 7) is 9.58. The second-order valence-corrected chi connectivity index (χ2v) is 7.85. The second kappa shape index (κ2) is 7.66. The van der Waals surface area contributed by atoms with E-state index in [4.69, 9.17) is 16.3 Å². The maximum absolute atomic E-state index is 6.55. The summed E-state index contributed by atoms with van der Waals surface area (Å²) in [7, 11) is 0. The Bertz CT molecular complexity index is 492. The predicted molar refractivity (Wildman–Crippen MR) is 95.3 cm³/mol. The van der Waals surface area contributed by atoms with Gasteiger partial charge in [-0.15, -0.1) is 0 Å². The van der Waals surface area contributed by atoms with Crippen molar-refractivity contribution in [3.8, 4) is 0 Å². The topological polar surface area (TPSA) is 9.23 Å². The van der Waals surface area contributed by atoms with E-state index in [0.717, 1.165) is 18.9 Å². The van der Waals surface area contributed by atoms with Crippen molar-refractivity contribution in [1.82, 2.24) is 0 Å². The van der Waals surface area contributed by atoms with Gasteiger partial charge in [0.25, 0.3) is 0 Å². The first-order valence-electron chi connectivity index (χ1n) is 8.38. The maximum atomic E-state index is 6.55. The molecule has 1 nitrogen and oxygen atoms in total. The summed E-state index contributed by atoms with van der Waals surface area (Å²) in [5, 5.41) is 0. The van der Waals surface area contributed by atoms with Crippen molar-refractivity contribution < 1.29 is 4.74 Å². The normalized spacial score (nSPS) is 21.5. The first-order valence-corrected chi connectivity index (χ1v) is 8.82. The Hall–Kier alpha value is -0.790. The van der Waals surface area contributed by atoms with Gasteiger partial charge >= 0.3 is 0 Å². The molecule has 122 valence electrons. The molecule has 1 aromatic rings. The Kier molecular flexibility index (Phi) is 6.11. The van der Waals surface area contributed by atoms with Gasteiger partial charge in [-0.25, -0.2) is 0 Å². The quantitative estimate of drug-likeness (QED) is 0.447. The fourth-order valence-corrected chi connectivity index (χ4v) is 3.31. The molecule has 0 spiro atoms. The summed E-state index contributed by atoms with van der Waals surface area (Å²) in [5.74, 6) is 1.34. The summed E-state index contributed by atoms with van der Waals surface area (Å²) in [4.78, 5) is 0. The molecular formula is C20H29ClO. The molecule has 0 N–H and O–H groups in total. The van der Waals surface area contributed by atoms with E-state index in [1.54, 1.807) is 5.57 Å². The van der Waals surface area contributed by atoms with Crippen molar-refractivity contribution in [2.24, 2.45) is 11.8 Å². The van der Waals surface area contributed by atoms with Gasteiger partial charge in [0.05, 0.1) is 6.61 Å². The highest BCUT2D eigenvalue weighted by Gasteiger charge is 2.31. The molecule has 1 aliphatic rings. The molecule has 22 heavy (non-hydrogen) atoms. The standard InChI is InChI=1S/C20H29ClO/c1-15-10-11-17(12-15)13-16(2)14-22-19(21)20(3,4)18-8-6-5-7-9-18/h5-9,11,15-16,19H,10,12-14H2,1-4H3. The zero-order chi connectivity index (χ0) is 16.2. The number of allylic oxidation sites excluding steroid dienone is 2. The predicted octanol–water partition coefficient (Wildman–Crippen LogP) is 5.93. The third-order valence-corrected chi connectivity index (χ3v) is 5.31. The minimum Gasteiger partial charge on any atom is -0.361 e. The number of hydrogen-bond donors (Lipinski definition) is 0. The van der Waals surface area contributed by atoms with E-state index in [9.17, 15) is 0 Å². The van der Waals surface area contributed by atoms with Gasteiger partial charge in [0, 0.05) is 5.41 Å². The Labute approximate surface area is 140 Å². The highest BCUT2D eigenvalue weighted by atomic mass is 35.5. The molecule has 0 radical (unpaired) electrons. The second-order valence-electron chi connectivity index (χ2n) is 7.45. The van der Waals surface area contributed by atoms with Crippen molar-refractivity contribution in [2.45, 2.75) is 57.9 Å². The van der Waals surface area contributed by atoms with Crippen LogP contribution >= 0.6 is 11.6 Å². The van der Waals surface area contributed by atoms with Gasteiger partial charge in [-0.2, -0.15) is 0 Å². The van der Waals surface area contributed by atoms with E-state index in [-0.39, 0.29) is 11.0 Å². The molecule has 0 saturated heterocycles. The SMILES string of the molecule is CC1CC=C(CC(C)COC(Cl)C(C)(C)c2ccccc2)C1. The molecule has 2 rings (SSSR count). The molecule has 0 aliphatic heterocycles. The van der Waals surface area contributed by atoms with E-state index >= 15 is 0 Å². The van der Waals surface area contributed by atoms with E-state index < -0.39 is 0 Å². The van der Waals surface area contributed by atoms with Crippen molar-refractivity contribution >= 4 is 11.6 Å². The van der Waals surface area contributed by atoms with Crippen LogP contribution in [0.2, 0.25) is 0 Å². The van der Waals surface area contributed by atoms with Crippen LogP contribution in [0.25, 0.3) is 0 Å². The Morgan fingerprint density at radius 2 is 1.95 bits per heavy atom. The van der Waals surface area contributed by atoms with Crippen molar-refractivity contribution in [3.63, 3.8) is 0 Å². The van der Waals surface area contributed by atoms with Crippen LogP contribution in [0.1, 0.15) is 52.5 Å². The fourth-order valence-electron chi connectivity index (χ4n) is 3.11. The number of ether oxygens (including phenoxy) is 1. The molecule has 0 bridgehead atoms. The first-order chi connectivity index (χ1) is 10.4. The Morgan fingerprint density at radius 1 is 1.27 bits per heavy atom. The van der Waals surface area contributed by atoms with Gasteiger partial charge < -0.3 is 4.74 Å². The summed E-state index contributed by atoms with van der Waals surface area (Å²) in [6.07, 6.45) is 6.04. The lowest BCUT2D eigenvalue weighted by Gasteiger charge is -2.31. The third kappa shape index (κ3) is 4.60. The molecule has 0 aromatic heterocycles. The van der Waals surface area contributed by atoms with E-state index in [1.165, 1.54) is 18.4 Å². The van der Waals surface area contributed by atoms with E-state index in [0.29, 0.717) is 5.92 Å². The van der Waals surface area contributed by atoms with Crippen molar-refractivity contribution in [3.05, 3.63) is 47.5 Å². The summed E-state index contributed by atoms with van der Waals surface area (Å²) < 4.78 is 6.00. The summed E-state index contributed by atoms with van der Waals surface area (Å²) >= 11 is 6.55. The smallest absolute Gasteiger partial charge is 0.140 e. The minimum atomic E-state index is -0.311. The van der Waals surface area contributed by atoms with Gasteiger partial charge in [0.1, 0.15) is 5.56 Å². The van der Waals surface area contributed by atoms with Crippen LogP contribution in [0.3, 0.4) is 0 Å². The Balaban J connectivity index is 1.83. The number of rotatable bonds is 7. The lowest BCUT2D eigenvalue weighted by Crippen LogP contribution is -2.32. The van der Waals surface area contributed by atoms with Crippen LogP contribution in [0, 0.1) is 11.8 Å². The summed E-state index contributed by atoms with van der Waals surface area (Å²) in [6, 6.07) is 10.4. The molecule has 0 saturated carbocycles. The van der Waals surface area contributed by atoms with Gasteiger partial charge in [0.15, 0.2) is 0 Å². The molecular weight excluding hydrogens is 292 g/mol. The zero-order valence-corrected chi connectivity index (χ0v) is 15.1. The average Bonchev–Trinajstić information content (AvgIpc) is 2.90. The van der Waals surface area contributed by atoms with Crippen molar-refractivity contribution in [2.75, 3.05) is 6.61 Å². The highest BCUT2D eigenvalue weighted by molar-refractivity contribution is 6.20. The molecule has 1 aliphatic carbocycles. The Morgan fingerprint density at radius 3 is 2.55 bits per heavy atom. The zero-order valence-electron chi connectivity index (χ0n) is 14.3. The first kappa shape index (κ1) is 17.6. The van der Waals surface area contributed by atoms with Crippen LogP contribution in [0.5, 0.6) is 0 Å². The van der Waals surface area contributed by atoms with Gasteiger partial charge in [-0.3, -0.25) is 0 Å². The number of benzene rings is 1. The van der Waals surface area contributed by atoms with Gasteiger partial charge in [0.2, 0.25) is 0 Å². The van der Waals surface area contributed by atoms with E-state index in [1.807, 2.05) is 6.07 Å². The van der Waals surface area contributed by atoms with Crippen LogP contribution in [-0.4, -0.2) is 12.2 Å². The van der Waals surface area contributed by atoms with Crippen LogP contribution in [0.15, 0.2) is 42.0 Å².